The van der Waals surface area contributed by atoms with Crippen molar-refractivity contribution in [3.05, 3.63) is 64.0 Å². The Morgan fingerprint density at radius 2 is 2.08 bits per heavy atom. The number of nitro groups is 1. The lowest BCUT2D eigenvalue weighted by Gasteiger charge is -2.15. The summed E-state index contributed by atoms with van der Waals surface area (Å²) in [7, 11) is 0. The summed E-state index contributed by atoms with van der Waals surface area (Å²) in [6, 6.07) is 8.11. The van der Waals surface area contributed by atoms with Gasteiger partial charge in [-0.05, 0) is 49.7 Å². The molecule has 7 heteroatoms. The summed E-state index contributed by atoms with van der Waals surface area (Å²) in [5.74, 6) is -0.502. The van der Waals surface area contributed by atoms with Gasteiger partial charge in [-0.3, -0.25) is 24.8 Å². The van der Waals surface area contributed by atoms with E-state index in [-0.39, 0.29) is 11.3 Å². The molecule has 0 spiro atoms. The van der Waals surface area contributed by atoms with E-state index < -0.39 is 10.8 Å². The molecule has 1 amide bonds. The van der Waals surface area contributed by atoms with Crippen molar-refractivity contribution in [3.8, 4) is 0 Å². The number of nitro benzene ring substituents is 1. The van der Waals surface area contributed by atoms with Gasteiger partial charge in [-0.2, -0.15) is 0 Å². The Balaban J connectivity index is 1.85. The summed E-state index contributed by atoms with van der Waals surface area (Å²) in [6.45, 7) is 2.74. The minimum atomic E-state index is -0.530. The van der Waals surface area contributed by atoms with Crippen molar-refractivity contribution in [2.75, 3.05) is 18.4 Å². The molecule has 1 aliphatic heterocycles. The highest BCUT2D eigenvalue weighted by molar-refractivity contribution is 6.07. The predicted molar refractivity (Wildman–Crippen MR) is 89.8 cm³/mol. The second kappa shape index (κ2) is 7.18. The molecule has 0 unspecified atom stereocenters. The molecule has 1 N–H and O–H groups in total. The second-order valence-electron chi connectivity index (χ2n) is 5.79. The number of aromatic nitrogens is 1. The number of benzene rings is 1. The maximum atomic E-state index is 12.5. The molecular formula is C17H18N4O3. The number of carbonyl (C=O) groups is 1. The lowest BCUT2D eigenvalue weighted by molar-refractivity contribution is -0.385. The fourth-order valence-electron chi connectivity index (χ4n) is 2.86. The first-order valence-electron chi connectivity index (χ1n) is 7.84. The molecular weight excluding hydrogens is 308 g/mol. The van der Waals surface area contributed by atoms with E-state index >= 15 is 0 Å². The van der Waals surface area contributed by atoms with Gasteiger partial charge in [0.25, 0.3) is 11.6 Å². The molecule has 1 saturated heterocycles. The fourth-order valence-corrected chi connectivity index (χ4v) is 2.86. The van der Waals surface area contributed by atoms with E-state index in [4.69, 9.17) is 0 Å². The Bertz CT molecular complexity index is 743. The van der Waals surface area contributed by atoms with Gasteiger partial charge in [0, 0.05) is 18.8 Å². The largest absolute Gasteiger partial charge is 0.320 e. The first kappa shape index (κ1) is 16.1. The molecule has 0 saturated carbocycles. The van der Waals surface area contributed by atoms with Gasteiger partial charge < -0.3 is 5.32 Å². The smallest absolute Gasteiger partial charge is 0.282 e. The Morgan fingerprint density at radius 1 is 1.29 bits per heavy atom. The zero-order chi connectivity index (χ0) is 16.9. The van der Waals surface area contributed by atoms with Gasteiger partial charge in [0.1, 0.15) is 5.56 Å². The van der Waals surface area contributed by atoms with Crippen LogP contribution in [-0.4, -0.2) is 33.8 Å². The Labute approximate surface area is 139 Å². The summed E-state index contributed by atoms with van der Waals surface area (Å²) >= 11 is 0. The highest BCUT2D eigenvalue weighted by Gasteiger charge is 2.22. The van der Waals surface area contributed by atoms with E-state index in [0.717, 1.165) is 18.7 Å². The van der Waals surface area contributed by atoms with Crippen LogP contribution in [-0.2, 0) is 6.54 Å². The van der Waals surface area contributed by atoms with Crippen LogP contribution in [0.3, 0.4) is 0 Å². The van der Waals surface area contributed by atoms with Crippen molar-refractivity contribution in [2.24, 2.45) is 0 Å². The molecule has 0 atom stereocenters. The second-order valence-corrected chi connectivity index (χ2v) is 5.79. The van der Waals surface area contributed by atoms with Gasteiger partial charge in [-0.25, -0.2) is 0 Å². The van der Waals surface area contributed by atoms with E-state index in [1.165, 1.54) is 25.1 Å². The third-order valence-electron chi connectivity index (χ3n) is 4.03. The maximum absolute atomic E-state index is 12.5. The number of nitrogens with one attached hydrogen (secondary N) is 1. The number of hydrogen-bond donors (Lipinski definition) is 1. The van der Waals surface area contributed by atoms with Crippen molar-refractivity contribution >= 4 is 17.3 Å². The molecule has 0 radical (unpaired) electrons. The molecule has 3 rings (SSSR count). The van der Waals surface area contributed by atoms with Crippen LogP contribution in [0.4, 0.5) is 11.4 Å². The van der Waals surface area contributed by atoms with Crippen LogP contribution < -0.4 is 5.32 Å². The van der Waals surface area contributed by atoms with Crippen LogP contribution in [0, 0.1) is 10.1 Å². The van der Waals surface area contributed by atoms with Crippen LogP contribution in [0.15, 0.2) is 42.7 Å². The highest BCUT2D eigenvalue weighted by Crippen LogP contribution is 2.23. The first-order valence-corrected chi connectivity index (χ1v) is 7.84. The van der Waals surface area contributed by atoms with E-state index in [9.17, 15) is 14.9 Å². The Kier molecular flexibility index (Phi) is 4.81. The standard InChI is InChI=1S/C17H18N4O3/c22-17(19-14-4-3-7-18-11-14)15-10-13(5-6-16(15)21(23)24)12-20-8-1-2-9-20/h3-7,10-11H,1-2,8-9,12H2,(H,19,22). The molecule has 2 heterocycles. The fraction of sp³-hybridized carbons (Fsp3) is 0.294. The number of anilines is 1. The molecule has 2 aromatic rings. The molecule has 7 nitrogen and oxygen atoms in total. The third kappa shape index (κ3) is 3.75. The summed E-state index contributed by atoms with van der Waals surface area (Å²) in [5, 5.41) is 13.9. The summed E-state index contributed by atoms with van der Waals surface area (Å²) in [6.07, 6.45) is 5.43. The minimum absolute atomic E-state index is 0.0700. The molecule has 124 valence electrons. The van der Waals surface area contributed by atoms with Gasteiger partial charge in [0.15, 0.2) is 0 Å². The quantitative estimate of drug-likeness (QED) is 0.674. The Hall–Kier alpha value is -2.80. The van der Waals surface area contributed by atoms with Crippen LogP contribution in [0.1, 0.15) is 28.8 Å². The zero-order valence-corrected chi connectivity index (χ0v) is 13.1. The first-order chi connectivity index (χ1) is 11.6. The molecule has 1 aliphatic rings. The van der Waals surface area contributed by atoms with E-state index in [0.29, 0.717) is 12.2 Å². The SMILES string of the molecule is O=C(Nc1cccnc1)c1cc(CN2CCCC2)ccc1[N+](=O)[O-]. The average Bonchev–Trinajstić information content (AvgIpc) is 3.08. The lowest BCUT2D eigenvalue weighted by Crippen LogP contribution is -2.19. The Morgan fingerprint density at radius 3 is 2.75 bits per heavy atom. The summed E-state index contributed by atoms with van der Waals surface area (Å²) in [4.78, 5) is 29.4. The number of nitrogens with zero attached hydrogens (tertiary/aromatic N) is 3. The zero-order valence-electron chi connectivity index (χ0n) is 13.1. The van der Waals surface area contributed by atoms with E-state index in [1.807, 2.05) is 0 Å². The molecule has 24 heavy (non-hydrogen) atoms. The van der Waals surface area contributed by atoms with Gasteiger partial charge in [0.05, 0.1) is 16.8 Å². The van der Waals surface area contributed by atoms with Crippen molar-refractivity contribution in [3.63, 3.8) is 0 Å². The summed E-state index contributed by atoms with van der Waals surface area (Å²) in [5.41, 5.74) is 1.28. The number of amides is 1. The number of pyridine rings is 1. The molecule has 0 bridgehead atoms. The van der Waals surface area contributed by atoms with Crippen molar-refractivity contribution in [1.82, 2.24) is 9.88 Å². The minimum Gasteiger partial charge on any atom is -0.320 e. The highest BCUT2D eigenvalue weighted by atomic mass is 16.6. The summed E-state index contributed by atoms with van der Waals surface area (Å²) < 4.78 is 0. The van der Waals surface area contributed by atoms with E-state index in [1.54, 1.807) is 30.5 Å². The number of likely N-dealkylation sites (tertiary alicyclic amines) is 1. The predicted octanol–water partition coefficient (Wildman–Crippen LogP) is 2.84. The van der Waals surface area contributed by atoms with Gasteiger partial charge in [-0.1, -0.05) is 6.07 Å². The van der Waals surface area contributed by atoms with Gasteiger partial charge in [-0.15, -0.1) is 0 Å². The van der Waals surface area contributed by atoms with Crippen molar-refractivity contribution in [2.45, 2.75) is 19.4 Å². The number of rotatable bonds is 5. The number of carbonyl (C=O) groups excluding carboxylic acids is 1. The lowest BCUT2D eigenvalue weighted by atomic mass is 10.1. The van der Waals surface area contributed by atoms with E-state index in [2.05, 4.69) is 15.2 Å². The monoisotopic (exact) mass is 326 g/mol. The average molecular weight is 326 g/mol. The third-order valence-corrected chi connectivity index (χ3v) is 4.03. The van der Waals surface area contributed by atoms with Crippen molar-refractivity contribution in [1.29, 1.82) is 0 Å². The van der Waals surface area contributed by atoms with Crippen molar-refractivity contribution < 1.29 is 9.72 Å². The van der Waals surface area contributed by atoms with Crippen LogP contribution in [0.5, 0.6) is 0 Å². The normalized spacial score (nSPS) is 14.5. The maximum Gasteiger partial charge on any atom is 0.282 e. The van der Waals surface area contributed by atoms with Crippen LogP contribution in [0.25, 0.3) is 0 Å². The van der Waals surface area contributed by atoms with Gasteiger partial charge in [0.2, 0.25) is 0 Å². The molecule has 1 aromatic carbocycles. The molecule has 0 aliphatic carbocycles. The van der Waals surface area contributed by atoms with Gasteiger partial charge >= 0.3 is 0 Å². The number of hydrogen-bond acceptors (Lipinski definition) is 5. The molecule has 1 fully saturated rings. The topological polar surface area (TPSA) is 88.4 Å². The van der Waals surface area contributed by atoms with Crippen LogP contribution in [0.2, 0.25) is 0 Å². The van der Waals surface area contributed by atoms with Crippen LogP contribution >= 0.6 is 0 Å². The molecule has 1 aromatic heterocycles.